The van der Waals surface area contributed by atoms with Crippen LogP contribution in [0.4, 0.5) is 0 Å². The van der Waals surface area contributed by atoms with Gasteiger partial charge in [-0.3, -0.25) is 4.68 Å². The normalized spacial score (nSPS) is 14.8. The van der Waals surface area contributed by atoms with Crippen LogP contribution in [0.1, 0.15) is 56.8 Å². The molecule has 0 unspecified atom stereocenters. The Morgan fingerprint density at radius 3 is 2.63 bits per heavy atom. The zero-order chi connectivity index (χ0) is 13.8. The minimum Gasteiger partial charge on any atom is -0.309 e. The van der Waals surface area contributed by atoms with Gasteiger partial charge in [-0.05, 0) is 49.1 Å². The monoisotopic (exact) mass is 277 g/mol. The van der Waals surface area contributed by atoms with Gasteiger partial charge in [0.15, 0.2) is 0 Å². The van der Waals surface area contributed by atoms with E-state index in [-0.39, 0.29) is 0 Å². The lowest BCUT2D eigenvalue weighted by atomic mass is 10.0. The molecule has 2 rings (SSSR count). The lowest BCUT2D eigenvalue weighted by Crippen LogP contribution is -2.23. The summed E-state index contributed by atoms with van der Waals surface area (Å²) in [6, 6.07) is 2.97. The first-order chi connectivity index (χ1) is 9.08. The molecule has 3 nitrogen and oxygen atoms in total. The Morgan fingerprint density at radius 2 is 2.05 bits per heavy atom. The Bertz CT molecular complexity index is 487. The fourth-order valence-corrected chi connectivity index (χ4v) is 2.79. The highest BCUT2D eigenvalue weighted by atomic mass is 32.1. The summed E-state index contributed by atoms with van der Waals surface area (Å²) in [5.74, 6) is 0.550. The molecule has 104 valence electrons. The van der Waals surface area contributed by atoms with E-state index in [2.05, 4.69) is 61.1 Å². The van der Waals surface area contributed by atoms with Crippen LogP contribution >= 0.6 is 11.3 Å². The standard InChI is InChI=1S/C15H23N3S/c1-11(2)18-9-15(8-17-18)13(4)16-7-12(3)14-5-6-19-10-14/h5-6,8-13,16H,7H2,1-4H3/t12-,13+/m0/s1. The first-order valence-corrected chi connectivity index (χ1v) is 7.81. The van der Waals surface area contributed by atoms with Crippen molar-refractivity contribution in [1.82, 2.24) is 15.1 Å². The summed E-state index contributed by atoms with van der Waals surface area (Å²) in [5.41, 5.74) is 2.67. The molecule has 2 atom stereocenters. The first-order valence-electron chi connectivity index (χ1n) is 6.87. The van der Waals surface area contributed by atoms with E-state index in [1.165, 1.54) is 11.1 Å². The quantitative estimate of drug-likeness (QED) is 0.865. The van der Waals surface area contributed by atoms with Crippen LogP contribution in [0.5, 0.6) is 0 Å². The molecule has 2 aromatic rings. The van der Waals surface area contributed by atoms with Crippen LogP contribution in [-0.4, -0.2) is 16.3 Å². The molecule has 0 radical (unpaired) electrons. The van der Waals surface area contributed by atoms with Gasteiger partial charge in [-0.25, -0.2) is 0 Å². The fraction of sp³-hybridized carbons (Fsp3) is 0.533. The van der Waals surface area contributed by atoms with Gasteiger partial charge in [-0.15, -0.1) is 0 Å². The zero-order valence-corrected chi connectivity index (χ0v) is 12.9. The smallest absolute Gasteiger partial charge is 0.0537 e. The maximum Gasteiger partial charge on any atom is 0.0537 e. The van der Waals surface area contributed by atoms with Crippen LogP contribution in [-0.2, 0) is 0 Å². The Morgan fingerprint density at radius 1 is 1.26 bits per heavy atom. The second-order valence-corrected chi connectivity index (χ2v) is 6.22. The van der Waals surface area contributed by atoms with Crippen LogP contribution < -0.4 is 5.32 Å². The van der Waals surface area contributed by atoms with E-state index in [1.807, 2.05) is 10.9 Å². The molecule has 0 saturated heterocycles. The van der Waals surface area contributed by atoms with E-state index in [4.69, 9.17) is 0 Å². The van der Waals surface area contributed by atoms with Gasteiger partial charge in [0, 0.05) is 30.4 Å². The van der Waals surface area contributed by atoms with Crippen molar-refractivity contribution in [3.63, 3.8) is 0 Å². The van der Waals surface area contributed by atoms with Gasteiger partial charge in [0.05, 0.1) is 6.20 Å². The lowest BCUT2D eigenvalue weighted by Gasteiger charge is -2.16. The van der Waals surface area contributed by atoms with Gasteiger partial charge in [-0.1, -0.05) is 6.92 Å². The highest BCUT2D eigenvalue weighted by Crippen LogP contribution is 2.19. The largest absolute Gasteiger partial charge is 0.309 e. The van der Waals surface area contributed by atoms with Gasteiger partial charge in [0.25, 0.3) is 0 Å². The van der Waals surface area contributed by atoms with Crippen molar-refractivity contribution >= 4 is 11.3 Å². The molecule has 0 aliphatic carbocycles. The molecule has 2 heterocycles. The average Bonchev–Trinajstić information content (AvgIpc) is 3.05. The number of aromatic nitrogens is 2. The van der Waals surface area contributed by atoms with Crippen molar-refractivity contribution in [3.05, 3.63) is 40.3 Å². The third kappa shape index (κ3) is 3.67. The molecule has 0 spiro atoms. The van der Waals surface area contributed by atoms with Crippen molar-refractivity contribution in [2.45, 2.75) is 45.7 Å². The van der Waals surface area contributed by atoms with E-state index < -0.39 is 0 Å². The molecular formula is C15H23N3S. The average molecular weight is 277 g/mol. The predicted molar refractivity (Wildman–Crippen MR) is 81.8 cm³/mol. The Kier molecular flexibility index (Phi) is 4.77. The van der Waals surface area contributed by atoms with Crippen molar-refractivity contribution < 1.29 is 0 Å². The molecule has 0 aliphatic rings. The molecule has 0 aliphatic heterocycles. The Hall–Kier alpha value is -1.13. The second kappa shape index (κ2) is 6.35. The third-order valence-corrected chi connectivity index (χ3v) is 4.19. The van der Waals surface area contributed by atoms with Crippen molar-refractivity contribution in [3.8, 4) is 0 Å². The summed E-state index contributed by atoms with van der Waals surface area (Å²) in [7, 11) is 0. The molecule has 0 fully saturated rings. The van der Waals surface area contributed by atoms with Gasteiger partial charge in [-0.2, -0.15) is 16.4 Å². The molecular weight excluding hydrogens is 254 g/mol. The highest BCUT2D eigenvalue weighted by Gasteiger charge is 2.11. The molecule has 0 bridgehead atoms. The van der Waals surface area contributed by atoms with Crippen LogP contribution in [0.15, 0.2) is 29.2 Å². The Labute approximate surface area is 119 Å². The minimum atomic E-state index is 0.341. The number of thiophene rings is 1. The second-order valence-electron chi connectivity index (χ2n) is 5.44. The Balaban J connectivity index is 1.88. The summed E-state index contributed by atoms with van der Waals surface area (Å²) in [6.45, 7) is 9.74. The summed E-state index contributed by atoms with van der Waals surface area (Å²) in [4.78, 5) is 0. The topological polar surface area (TPSA) is 29.9 Å². The molecule has 1 N–H and O–H groups in total. The highest BCUT2D eigenvalue weighted by molar-refractivity contribution is 7.07. The van der Waals surface area contributed by atoms with Crippen LogP contribution in [0, 0.1) is 0 Å². The van der Waals surface area contributed by atoms with Gasteiger partial charge in [0.2, 0.25) is 0 Å². The number of hydrogen-bond donors (Lipinski definition) is 1. The van der Waals surface area contributed by atoms with Crippen molar-refractivity contribution in [2.24, 2.45) is 0 Å². The predicted octanol–water partition coefficient (Wildman–Crippen LogP) is 3.98. The first kappa shape index (κ1) is 14.3. The van der Waals surface area contributed by atoms with E-state index in [0.29, 0.717) is 18.0 Å². The van der Waals surface area contributed by atoms with E-state index in [1.54, 1.807) is 11.3 Å². The van der Waals surface area contributed by atoms with E-state index >= 15 is 0 Å². The molecule has 4 heteroatoms. The number of rotatable bonds is 6. The number of hydrogen-bond acceptors (Lipinski definition) is 3. The molecule has 0 amide bonds. The zero-order valence-electron chi connectivity index (χ0n) is 12.1. The summed E-state index contributed by atoms with van der Waals surface area (Å²) in [5, 5.41) is 12.4. The third-order valence-electron chi connectivity index (χ3n) is 3.49. The molecule has 0 aromatic carbocycles. The molecule has 2 aromatic heterocycles. The van der Waals surface area contributed by atoms with Gasteiger partial charge < -0.3 is 5.32 Å². The van der Waals surface area contributed by atoms with Gasteiger partial charge in [0.1, 0.15) is 0 Å². The number of nitrogens with zero attached hydrogens (tertiary/aromatic N) is 2. The van der Waals surface area contributed by atoms with Crippen LogP contribution in [0.2, 0.25) is 0 Å². The summed E-state index contributed by atoms with van der Waals surface area (Å²) in [6.07, 6.45) is 4.10. The van der Waals surface area contributed by atoms with Crippen molar-refractivity contribution in [1.29, 1.82) is 0 Å². The maximum atomic E-state index is 4.39. The minimum absolute atomic E-state index is 0.341. The number of nitrogens with one attached hydrogen (secondary N) is 1. The molecule has 0 saturated carbocycles. The van der Waals surface area contributed by atoms with Gasteiger partial charge >= 0.3 is 0 Å². The lowest BCUT2D eigenvalue weighted by molar-refractivity contribution is 0.523. The van der Waals surface area contributed by atoms with Crippen LogP contribution in [0.25, 0.3) is 0 Å². The maximum absolute atomic E-state index is 4.39. The van der Waals surface area contributed by atoms with E-state index in [0.717, 1.165) is 6.54 Å². The van der Waals surface area contributed by atoms with Crippen molar-refractivity contribution in [2.75, 3.05) is 6.54 Å². The SMILES string of the molecule is CC(C)n1cc([C@@H](C)NC[C@H](C)c2ccsc2)cn1. The summed E-state index contributed by atoms with van der Waals surface area (Å²) >= 11 is 1.76. The van der Waals surface area contributed by atoms with E-state index in [9.17, 15) is 0 Å². The fourth-order valence-electron chi connectivity index (χ4n) is 2.00. The van der Waals surface area contributed by atoms with Crippen LogP contribution in [0.3, 0.4) is 0 Å². The molecule has 19 heavy (non-hydrogen) atoms. The summed E-state index contributed by atoms with van der Waals surface area (Å²) < 4.78 is 2.01.